The second-order valence-electron chi connectivity index (χ2n) is 4.22. The first-order chi connectivity index (χ1) is 7.18. The zero-order chi connectivity index (χ0) is 10.8. The molecular weight excluding hydrogens is 200 g/mol. The lowest BCUT2D eigenvalue weighted by Gasteiger charge is -2.12. The molecule has 0 saturated carbocycles. The van der Waals surface area contributed by atoms with Crippen LogP contribution in [0.15, 0.2) is 35.7 Å². The molecule has 1 aromatic heterocycles. The zero-order valence-corrected chi connectivity index (χ0v) is 10.3. The van der Waals surface area contributed by atoms with Crippen molar-refractivity contribution >= 4 is 11.3 Å². The van der Waals surface area contributed by atoms with Crippen molar-refractivity contribution in [3.63, 3.8) is 0 Å². The number of benzene rings is 1. The molecule has 0 bridgehead atoms. The lowest BCUT2D eigenvalue weighted by Crippen LogP contribution is -1.91. The van der Waals surface area contributed by atoms with E-state index in [4.69, 9.17) is 0 Å². The van der Waals surface area contributed by atoms with E-state index >= 15 is 0 Å². The highest BCUT2D eigenvalue weighted by molar-refractivity contribution is 7.13. The first-order valence-corrected chi connectivity index (χ1v) is 6.21. The van der Waals surface area contributed by atoms with Crippen LogP contribution in [0.5, 0.6) is 0 Å². The SMILES string of the molecule is Cc1ccc(C(C)C)c(-c2cccs2)c1. The zero-order valence-electron chi connectivity index (χ0n) is 9.45. The first kappa shape index (κ1) is 10.4. The smallest absolute Gasteiger partial charge is 0.0345 e. The normalized spacial score (nSPS) is 10.9. The molecule has 15 heavy (non-hydrogen) atoms. The summed E-state index contributed by atoms with van der Waals surface area (Å²) in [5.74, 6) is 0.586. The van der Waals surface area contributed by atoms with Crippen LogP contribution in [0, 0.1) is 6.92 Å². The molecular formula is C14H16S. The van der Waals surface area contributed by atoms with Crippen LogP contribution in [-0.2, 0) is 0 Å². The largest absolute Gasteiger partial charge is 0.144 e. The van der Waals surface area contributed by atoms with Crippen molar-refractivity contribution < 1.29 is 0 Å². The van der Waals surface area contributed by atoms with Gasteiger partial charge in [-0.15, -0.1) is 11.3 Å². The topological polar surface area (TPSA) is 0 Å². The lowest BCUT2D eigenvalue weighted by molar-refractivity contribution is 0.869. The fraction of sp³-hybridized carbons (Fsp3) is 0.286. The van der Waals surface area contributed by atoms with E-state index in [9.17, 15) is 0 Å². The number of aryl methyl sites for hydroxylation is 1. The predicted molar refractivity (Wildman–Crippen MR) is 68.6 cm³/mol. The quantitative estimate of drug-likeness (QED) is 0.673. The van der Waals surface area contributed by atoms with E-state index in [0.29, 0.717) is 5.92 Å². The van der Waals surface area contributed by atoms with Crippen molar-refractivity contribution in [1.82, 2.24) is 0 Å². The van der Waals surface area contributed by atoms with E-state index in [1.54, 1.807) is 0 Å². The Morgan fingerprint density at radius 2 is 1.93 bits per heavy atom. The molecule has 0 amide bonds. The van der Waals surface area contributed by atoms with Gasteiger partial charge in [-0.1, -0.05) is 43.7 Å². The van der Waals surface area contributed by atoms with Crippen molar-refractivity contribution in [1.29, 1.82) is 0 Å². The molecule has 1 heterocycles. The van der Waals surface area contributed by atoms with Crippen LogP contribution in [0.25, 0.3) is 10.4 Å². The maximum Gasteiger partial charge on any atom is 0.0345 e. The minimum absolute atomic E-state index is 0.586. The fourth-order valence-electron chi connectivity index (χ4n) is 1.82. The molecule has 2 rings (SSSR count). The summed E-state index contributed by atoms with van der Waals surface area (Å²) in [6.45, 7) is 6.66. The lowest BCUT2D eigenvalue weighted by atomic mass is 9.95. The summed E-state index contributed by atoms with van der Waals surface area (Å²) < 4.78 is 0. The summed E-state index contributed by atoms with van der Waals surface area (Å²) in [7, 11) is 0. The van der Waals surface area contributed by atoms with Gasteiger partial charge in [0.1, 0.15) is 0 Å². The van der Waals surface area contributed by atoms with Crippen LogP contribution in [0.2, 0.25) is 0 Å². The number of thiophene rings is 1. The molecule has 0 fully saturated rings. The van der Waals surface area contributed by atoms with Gasteiger partial charge < -0.3 is 0 Å². The van der Waals surface area contributed by atoms with Gasteiger partial charge in [-0.3, -0.25) is 0 Å². The molecule has 1 aromatic carbocycles. The molecule has 0 unspecified atom stereocenters. The summed E-state index contributed by atoms with van der Waals surface area (Å²) in [4.78, 5) is 1.38. The van der Waals surface area contributed by atoms with Crippen molar-refractivity contribution in [2.24, 2.45) is 0 Å². The number of hydrogen-bond donors (Lipinski definition) is 0. The highest BCUT2D eigenvalue weighted by Gasteiger charge is 2.09. The van der Waals surface area contributed by atoms with E-state index in [1.807, 2.05) is 11.3 Å². The van der Waals surface area contributed by atoms with E-state index in [-0.39, 0.29) is 0 Å². The Kier molecular flexibility index (Phi) is 2.92. The van der Waals surface area contributed by atoms with Crippen LogP contribution in [0.3, 0.4) is 0 Å². The van der Waals surface area contributed by atoms with E-state index < -0.39 is 0 Å². The van der Waals surface area contributed by atoms with E-state index in [1.165, 1.54) is 21.6 Å². The van der Waals surface area contributed by atoms with Crippen LogP contribution >= 0.6 is 11.3 Å². The molecule has 0 aliphatic rings. The van der Waals surface area contributed by atoms with E-state index in [2.05, 4.69) is 56.5 Å². The molecule has 0 nitrogen and oxygen atoms in total. The highest BCUT2D eigenvalue weighted by Crippen LogP contribution is 2.32. The van der Waals surface area contributed by atoms with Crippen LogP contribution in [0.1, 0.15) is 30.9 Å². The molecule has 0 spiro atoms. The van der Waals surface area contributed by atoms with Gasteiger partial charge in [-0.2, -0.15) is 0 Å². The Balaban J connectivity index is 2.58. The fourth-order valence-corrected chi connectivity index (χ4v) is 2.58. The third-order valence-corrected chi connectivity index (χ3v) is 3.52. The number of rotatable bonds is 2. The predicted octanol–water partition coefficient (Wildman–Crippen LogP) is 4.85. The van der Waals surface area contributed by atoms with Crippen molar-refractivity contribution in [2.45, 2.75) is 26.7 Å². The van der Waals surface area contributed by atoms with Gasteiger partial charge in [0.05, 0.1) is 0 Å². The average molecular weight is 216 g/mol. The summed E-state index contributed by atoms with van der Waals surface area (Å²) in [6, 6.07) is 11.1. The second-order valence-corrected chi connectivity index (χ2v) is 5.17. The van der Waals surface area contributed by atoms with Crippen molar-refractivity contribution in [3.05, 3.63) is 46.8 Å². The molecule has 0 N–H and O–H groups in total. The second kappa shape index (κ2) is 4.19. The van der Waals surface area contributed by atoms with Gasteiger partial charge in [0, 0.05) is 4.88 Å². The molecule has 1 heteroatoms. The Labute approximate surface area is 95.6 Å². The molecule has 0 aliphatic carbocycles. The van der Waals surface area contributed by atoms with Gasteiger partial charge in [-0.05, 0) is 35.4 Å². The summed E-state index contributed by atoms with van der Waals surface area (Å²) in [5, 5.41) is 2.14. The minimum Gasteiger partial charge on any atom is -0.144 e. The molecule has 0 aliphatic heterocycles. The first-order valence-electron chi connectivity index (χ1n) is 5.33. The third-order valence-electron chi connectivity index (χ3n) is 2.62. The van der Waals surface area contributed by atoms with Crippen molar-refractivity contribution in [3.8, 4) is 10.4 Å². The van der Waals surface area contributed by atoms with Gasteiger partial charge in [0.25, 0.3) is 0 Å². The molecule has 0 atom stereocenters. The molecule has 2 aromatic rings. The molecule has 0 saturated heterocycles. The summed E-state index contributed by atoms with van der Waals surface area (Å²) in [6.07, 6.45) is 0. The van der Waals surface area contributed by atoms with Gasteiger partial charge in [-0.25, -0.2) is 0 Å². The Morgan fingerprint density at radius 1 is 1.13 bits per heavy atom. The maximum atomic E-state index is 2.29. The van der Waals surface area contributed by atoms with Crippen LogP contribution < -0.4 is 0 Å². The monoisotopic (exact) mass is 216 g/mol. The third kappa shape index (κ3) is 2.13. The standard InChI is InChI=1S/C14H16S/c1-10(2)12-7-6-11(3)9-13(12)14-5-4-8-15-14/h4-10H,1-3H3. The van der Waals surface area contributed by atoms with Gasteiger partial charge in [0.15, 0.2) is 0 Å². The molecule has 0 radical (unpaired) electrons. The number of hydrogen-bond acceptors (Lipinski definition) is 1. The maximum absolute atomic E-state index is 2.29. The Hall–Kier alpha value is -1.08. The van der Waals surface area contributed by atoms with E-state index in [0.717, 1.165) is 0 Å². The molecule has 78 valence electrons. The minimum atomic E-state index is 0.586. The van der Waals surface area contributed by atoms with Crippen molar-refractivity contribution in [2.75, 3.05) is 0 Å². The summed E-state index contributed by atoms with van der Waals surface area (Å²) >= 11 is 1.82. The van der Waals surface area contributed by atoms with Gasteiger partial charge >= 0.3 is 0 Å². The van der Waals surface area contributed by atoms with Gasteiger partial charge in [0.2, 0.25) is 0 Å². The van der Waals surface area contributed by atoms with Crippen LogP contribution in [-0.4, -0.2) is 0 Å². The average Bonchev–Trinajstić information content (AvgIpc) is 2.69. The Bertz CT molecular complexity index is 438. The highest BCUT2D eigenvalue weighted by atomic mass is 32.1. The summed E-state index contributed by atoms with van der Waals surface area (Å²) in [5.41, 5.74) is 4.19. The Morgan fingerprint density at radius 3 is 2.53 bits per heavy atom. The van der Waals surface area contributed by atoms with Crippen LogP contribution in [0.4, 0.5) is 0 Å².